The van der Waals surface area contributed by atoms with Gasteiger partial charge in [0, 0.05) is 5.39 Å². The van der Waals surface area contributed by atoms with Crippen LogP contribution in [-0.4, -0.2) is 6.04 Å². The molecule has 1 N–H and O–H groups in total. The van der Waals surface area contributed by atoms with Gasteiger partial charge in [-0.25, -0.2) is 0 Å². The number of hydrogen-bond acceptors (Lipinski definition) is 2. The Balaban J connectivity index is 2.24. The monoisotopic (exact) mass is 255 g/mol. The van der Waals surface area contributed by atoms with E-state index >= 15 is 0 Å². The van der Waals surface area contributed by atoms with Crippen molar-refractivity contribution in [2.24, 2.45) is 0 Å². The molecule has 0 aliphatic carbocycles. The van der Waals surface area contributed by atoms with Crippen molar-refractivity contribution < 1.29 is 4.42 Å². The second-order valence-electron chi connectivity index (χ2n) is 4.98. The molecule has 1 aromatic carbocycles. The van der Waals surface area contributed by atoms with Crippen LogP contribution in [-0.2, 0) is 0 Å². The molecule has 1 aromatic heterocycles. The van der Waals surface area contributed by atoms with E-state index in [9.17, 15) is 0 Å². The Bertz CT molecular complexity index is 591. The normalized spacial score (nSPS) is 14.2. The van der Waals surface area contributed by atoms with Gasteiger partial charge in [0.2, 0.25) is 0 Å². The fourth-order valence-electron chi connectivity index (χ4n) is 2.49. The van der Waals surface area contributed by atoms with E-state index in [1.165, 1.54) is 10.9 Å². The minimum atomic E-state index is 0.104. The Morgan fingerprint density at radius 1 is 1.37 bits per heavy atom. The van der Waals surface area contributed by atoms with Crippen LogP contribution in [0.4, 0.5) is 0 Å². The lowest BCUT2D eigenvalue weighted by Crippen LogP contribution is -2.30. The number of para-hydroxylation sites is 1. The van der Waals surface area contributed by atoms with Crippen LogP contribution in [0.15, 0.2) is 28.7 Å². The lowest BCUT2D eigenvalue weighted by molar-refractivity contribution is 0.419. The molecule has 100 valence electrons. The number of rotatable bonds is 5. The van der Waals surface area contributed by atoms with Gasteiger partial charge in [0.1, 0.15) is 11.3 Å². The number of benzene rings is 1. The fourth-order valence-corrected chi connectivity index (χ4v) is 2.49. The first kappa shape index (κ1) is 13.7. The van der Waals surface area contributed by atoms with Crippen molar-refractivity contribution in [3.63, 3.8) is 0 Å². The molecular formula is C17H21NO. The zero-order valence-corrected chi connectivity index (χ0v) is 11.9. The van der Waals surface area contributed by atoms with E-state index in [0.29, 0.717) is 0 Å². The zero-order chi connectivity index (χ0) is 13.8. The lowest BCUT2D eigenvalue weighted by Gasteiger charge is -2.17. The predicted molar refractivity (Wildman–Crippen MR) is 80.0 cm³/mol. The minimum Gasteiger partial charge on any atom is -0.459 e. The second-order valence-corrected chi connectivity index (χ2v) is 4.98. The quantitative estimate of drug-likeness (QED) is 0.810. The summed E-state index contributed by atoms with van der Waals surface area (Å²) in [6, 6.07) is 8.36. The molecule has 2 aromatic rings. The summed E-state index contributed by atoms with van der Waals surface area (Å²) >= 11 is 0. The Morgan fingerprint density at radius 3 is 2.74 bits per heavy atom. The number of fused-ring (bicyclic) bond motifs is 1. The van der Waals surface area contributed by atoms with Crippen molar-refractivity contribution in [2.75, 3.05) is 0 Å². The van der Waals surface area contributed by atoms with Gasteiger partial charge in [-0.05, 0) is 31.9 Å². The van der Waals surface area contributed by atoms with Gasteiger partial charge in [-0.1, -0.05) is 37.5 Å². The number of terminal acetylenes is 1. The highest BCUT2D eigenvalue weighted by molar-refractivity contribution is 5.82. The maximum atomic E-state index is 5.95. The number of furan rings is 1. The van der Waals surface area contributed by atoms with Gasteiger partial charge >= 0.3 is 0 Å². The van der Waals surface area contributed by atoms with Crippen LogP contribution in [0.1, 0.15) is 44.1 Å². The molecule has 2 heteroatoms. The molecule has 0 fully saturated rings. The fraction of sp³-hybridized carbons (Fsp3) is 0.412. The van der Waals surface area contributed by atoms with Crippen molar-refractivity contribution in [3.05, 3.63) is 35.6 Å². The second kappa shape index (κ2) is 5.95. The summed E-state index contributed by atoms with van der Waals surface area (Å²) in [5.41, 5.74) is 2.14. The summed E-state index contributed by atoms with van der Waals surface area (Å²) in [4.78, 5) is 0. The molecule has 0 spiro atoms. The van der Waals surface area contributed by atoms with Crippen LogP contribution >= 0.6 is 0 Å². The molecule has 0 aliphatic rings. The van der Waals surface area contributed by atoms with Crippen LogP contribution in [0, 0.1) is 19.3 Å². The number of aryl methyl sites for hydroxylation is 1. The summed E-state index contributed by atoms with van der Waals surface area (Å²) in [6.45, 7) is 6.35. The maximum Gasteiger partial charge on any atom is 0.134 e. The van der Waals surface area contributed by atoms with Crippen LogP contribution in [0.25, 0.3) is 11.0 Å². The average Bonchev–Trinajstić information content (AvgIpc) is 2.76. The third-order valence-electron chi connectivity index (χ3n) is 3.50. The van der Waals surface area contributed by atoms with Crippen molar-refractivity contribution >= 4 is 11.0 Å². The summed E-state index contributed by atoms with van der Waals surface area (Å²) in [6.07, 6.45) is 7.62. The van der Waals surface area contributed by atoms with Gasteiger partial charge in [0.15, 0.2) is 0 Å². The highest BCUT2D eigenvalue weighted by atomic mass is 16.3. The molecule has 2 rings (SSSR count). The Morgan fingerprint density at radius 2 is 2.11 bits per heavy atom. The first-order valence-corrected chi connectivity index (χ1v) is 6.87. The minimum absolute atomic E-state index is 0.104. The molecule has 0 amide bonds. The molecule has 0 radical (unpaired) electrons. The van der Waals surface area contributed by atoms with Gasteiger partial charge in [-0.2, -0.15) is 0 Å². The summed E-state index contributed by atoms with van der Waals surface area (Å²) in [5, 5.41) is 4.64. The molecule has 0 saturated heterocycles. The molecule has 2 atom stereocenters. The third kappa shape index (κ3) is 2.83. The van der Waals surface area contributed by atoms with Crippen LogP contribution in [0.2, 0.25) is 0 Å². The van der Waals surface area contributed by atoms with Crippen LogP contribution < -0.4 is 5.32 Å². The van der Waals surface area contributed by atoms with Gasteiger partial charge < -0.3 is 4.42 Å². The molecule has 2 unspecified atom stereocenters. The van der Waals surface area contributed by atoms with E-state index in [-0.39, 0.29) is 12.1 Å². The molecule has 19 heavy (non-hydrogen) atoms. The average molecular weight is 255 g/mol. The molecule has 1 heterocycles. The molecule has 2 nitrogen and oxygen atoms in total. The topological polar surface area (TPSA) is 25.2 Å². The smallest absolute Gasteiger partial charge is 0.134 e. The summed E-state index contributed by atoms with van der Waals surface area (Å²) in [5.74, 6) is 3.79. The molecule has 0 bridgehead atoms. The predicted octanol–water partition coefficient (Wildman–Crippen LogP) is 4.19. The van der Waals surface area contributed by atoms with Crippen molar-refractivity contribution in [1.82, 2.24) is 5.32 Å². The standard InChI is InChI=1S/C17H21NO/c1-5-9-14(6-2)18-13(4)17-12(3)15-10-7-8-11-16(15)19-17/h2,7-8,10-11,13-14,18H,5,9H2,1,3-4H3. The van der Waals surface area contributed by atoms with Crippen LogP contribution in [0.5, 0.6) is 0 Å². The SMILES string of the molecule is C#CC(CCC)NC(C)c1oc2ccccc2c1C. The number of hydrogen-bond donors (Lipinski definition) is 1. The zero-order valence-electron chi connectivity index (χ0n) is 11.9. The van der Waals surface area contributed by atoms with Gasteiger partial charge in [-0.15, -0.1) is 6.42 Å². The maximum absolute atomic E-state index is 5.95. The third-order valence-corrected chi connectivity index (χ3v) is 3.50. The van der Waals surface area contributed by atoms with E-state index in [4.69, 9.17) is 10.8 Å². The molecule has 0 saturated carbocycles. The summed E-state index contributed by atoms with van der Waals surface area (Å²) in [7, 11) is 0. The highest BCUT2D eigenvalue weighted by Gasteiger charge is 2.18. The first-order valence-electron chi connectivity index (χ1n) is 6.87. The number of nitrogens with one attached hydrogen (secondary N) is 1. The largest absolute Gasteiger partial charge is 0.459 e. The van der Waals surface area contributed by atoms with Crippen molar-refractivity contribution in [3.8, 4) is 12.3 Å². The Labute approximate surface area is 115 Å². The van der Waals surface area contributed by atoms with E-state index in [0.717, 1.165) is 24.2 Å². The Hall–Kier alpha value is -1.72. The van der Waals surface area contributed by atoms with E-state index in [1.807, 2.05) is 18.2 Å². The van der Waals surface area contributed by atoms with Gasteiger partial charge in [-0.3, -0.25) is 5.32 Å². The van der Waals surface area contributed by atoms with Gasteiger partial charge in [0.05, 0.1) is 12.1 Å². The Kier molecular flexibility index (Phi) is 4.29. The van der Waals surface area contributed by atoms with E-state index < -0.39 is 0 Å². The highest BCUT2D eigenvalue weighted by Crippen LogP contribution is 2.29. The first-order chi connectivity index (χ1) is 9.17. The molecule has 0 aliphatic heterocycles. The van der Waals surface area contributed by atoms with Crippen LogP contribution in [0.3, 0.4) is 0 Å². The summed E-state index contributed by atoms with van der Waals surface area (Å²) < 4.78 is 5.95. The van der Waals surface area contributed by atoms with E-state index in [1.54, 1.807) is 0 Å². The van der Waals surface area contributed by atoms with Gasteiger partial charge in [0.25, 0.3) is 0 Å². The lowest BCUT2D eigenvalue weighted by atomic mass is 10.1. The molecular weight excluding hydrogens is 234 g/mol. The van der Waals surface area contributed by atoms with Crippen molar-refractivity contribution in [2.45, 2.75) is 45.7 Å². The van der Waals surface area contributed by atoms with Crippen molar-refractivity contribution in [1.29, 1.82) is 0 Å². The van der Waals surface area contributed by atoms with E-state index in [2.05, 4.69) is 38.1 Å².